The summed E-state index contributed by atoms with van der Waals surface area (Å²) in [6, 6.07) is 12.9. The minimum atomic E-state index is -0.484. The Morgan fingerprint density at radius 3 is 2.33 bits per heavy atom. The average molecular weight is 353 g/mol. The largest absolute Gasteiger partial charge is 0.397 e. The quantitative estimate of drug-likeness (QED) is 0.586. The molecule has 0 aromatic heterocycles. The van der Waals surface area contributed by atoms with Gasteiger partial charge in [0.25, 0.3) is 0 Å². The van der Waals surface area contributed by atoms with Gasteiger partial charge in [-0.2, -0.15) is 0 Å². The van der Waals surface area contributed by atoms with Crippen LogP contribution in [-0.2, 0) is 0 Å². The summed E-state index contributed by atoms with van der Waals surface area (Å²) in [6.07, 6.45) is 0. The summed E-state index contributed by atoms with van der Waals surface area (Å²) in [5.74, 6) is -0.484. The molecule has 0 fully saturated rings. The van der Waals surface area contributed by atoms with Crippen LogP contribution in [0.15, 0.2) is 42.5 Å². The third kappa shape index (κ3) is 2.92. The van der Waals surface area contributed by atoms with Crippen LogP contribution in [0.2, 0.25) is 0 Å². The molecule has 0 unspecified atom stereocenters. The summed E-state index contributed by atoms with van der Waals surface area (Å²) >= 11 is 2.24. The maximum atomic E-state index is 11.0. The van der Waals surface area contributed by atoms with Gasteiger partial charge < -0.3 is 16.8 Å². The fraction of sp³-hybridized carbons (Fsp3) is 0. The Bertz CT molecular complexity index is 581. The second kappa shape index (κ2) is 5.26. The van der Waals surface area contributed by atoms with E-state index in [1.165, 1.54) is 0 Å². The minimum absolute atomic E-state index is 0.403. The summed E-state index contributed by atoms with van der Waals surface area (Å²) in [5, 5.41) is 3.19. The van der Waals surface area contributed by atoms with E-state index in [9.17, 15) is 4.79 Å². The van der Waals surface area contributed by atoms with E-state index in [4.69, 9.17) is 11.5 Å². The van der Waals surface area contributed by atoms with Crippen molar-refractivity contribution >= 4 is 45.6 Å². The van der Waals surface area contributed by atoms with Crippen LogP contribution in [0, 0.1) is 3.57 Å². The first-order valence-corrected chi connectivity index (χ1v) is 6.36. The maximum Gasteiger partial charge on any atom is 0.248 e. The molecule has 2 rings (SSSR count). The van der Waals surface area contributed by atoms with Crippen molar-refractivity contribution in [1.29, 1.82) is 0 Å². The Hall–Kier alpha value is -1.76. The third-order valence-electron chi connectivity index (χ3n) is 2.46. The molecule has 0 bridgehead atoms. The molecule has 0 spiro atoms. The molecule has 5 N–H and O–H groups in total. The molecule has 18 heavy (non-hydrogen) atoms. The molecule has 0 aliphatic rings. The highest BCUT2D eigenvalue weighted by molar-refractivity contribution is 14.1. The topological polar surface area (TPSA) is 81.1 Å². The number of rotatable bonds is 3. The normalized spacial score (nSPS) is 10.1. The van der Waals surface area contributed by atoms with Crippen molar-refractivity contribution in [2.75, 3.05) is 11.1 Å². The van der Waals surface area contributed by atoms with E-state index in [2.05, 4.69) is 27.9 Å². The lowest BCUT2D eigenvalue weighted by molar-refractivity contribution is 0.100. The molecule has 0 saturated heterocycles. The van der Waals surface area contributed by atoms with Crippen molar-refractivity contribution in [3.05, 3.63) is 51.6 Å². The monoisotopic (exact) mass is 353 g/mol. The van der Waals surface area contributed by atoms with Crippen molar-refractivity contribution in [2.45, 2.75) is 0 Å². The van der Waals surface area contributed by atoms with Gasteiger partial charge in [-0.1, -0.05) is 0 Å². The zero-order valence-corrected chi connectivity index (χ0v) is 11.6. The van der Waals surface area contributed by atoms with Gasteiger partial charge in [-0.3, -0.25) is 4.79 Å². The number of anilines is 3. The average Bonchev–Trinajstić information content (AvgIpc) is 2.34. The molecule has 5 heteroatoms. The number of carbonyl (C=O) groups excluding carboxylic acids is 1. The Labute approximate surface area is 119 Å². The first-order valence-electron chi connectivity index (χ1n) is 5.28. The fourth-order valence-electron chi connectivity index (χ4n) is 1.52. The van der Waals surface area contributed by atoms with Gasteiger partial charge in [0.15, 0.2) is 0 Å². The molecule has 0 radical (unpaired) electrons. The maximum absolute atomic E-state index is 11.0. The molecule has 0 heterocycles. The van der Waals surface area contributed by atoms with E-state index < -0.39 is 5.91 Å². The lowest BCUT2D eigenvalue weighted by atomic mass is 10.1. The number of nitrogens with two attached hydrogens (primary N) is 2. The van der Waals surface area contributed by atoms with Gasteiger partial charge in [-0.25, -0.2) is 0 Å². The van der Waals surface area contributed by atoms with Crippen molar-refractivity contribution < 1.29 is 4.79 Å². The summed E-state index contributed by atoms with van der Waals surface area (Å²) < 4.78 is 1.16. The van der Waals surface area contributed by atoms with Crippen molar-refractivity contribution in [3.8, 4) is 0 Å². The fourth-order valence-corrected chi connectivity index (χ4v) is 1.88. The lowest BCUT2D eigenvalue weighted by Gasteiger charge is -2.10. The lowest BCUT2D eigenvalue weighted by Crippen LogP contribution is -2.11. The molecule has 2 aromatic carbocycles. The van der Waals surface area contributed by atoms with E-state index in [0.717, 1.165) is 14.9 Å². The third-order valence-corrected chi connectivity index (χ3v) is 3.18. The van der Waals surface area contributed by atoms with E-state index in [1.54, 1.807) is 18.2 Å². The van der Waals surface area contributed by atoms with Crippen molar-refractivity contribution in [2.24, 2.45) is 5.73 Å². The number of halogens is 1. The Morgan fingerprint density at radius 2 is 1.78 bits per heavy atom. The van der Waals surface area contributed by atoms with Crippen LogP contribution in [0.4, 0.5) is 17.1 Å². The number of nitrogens with one attached hydrogen (secondary N) is 1. The smallest absolute Gasteiger partial charge is 0.248 e. The van der Waals surface area contributed by atoms with E-state index in [0.29, 0.717) is 11.3 Å². The van der Waals surface area contributed by atoms with Crippen LogP contribution >= 0.6 is 22.6 Å². The molecular weight excluding hydrogens is 341 g/mol. The summed E-state index contributed by atoms with van der Waals surface area (Å²) in [4.78, 5) is 11.0. The molecule has 2 aromatic rings. The Kier molecular flexibility index (Phi) is 3.71. The number of hydrogen-bond acceptors (Lipinski definition) is 3. The predicted octanol–water partition coefficient (Wildman–Crippen LogP) is 2.72. The highest BCUT2D eigenvalue weighted by Crippen LogP contribution is 2.24. The zero-order valence-electron chi connectivity index (χ0n) is 9.48. The minimum Gasteiger partial charge on any atom is -0.397 e. The standard InChI is InChI=1S/C13H12IN3O/c14-9-2-4-10(5-3-9)17-12-6-1-8(13(16)18)7-11(12)15/h1-7,17H,15H2,(H2,16,18). The van der Waals surface area contributed by atoms with Crippen molar-refractivity contribution in [3.63, 3.8) is 0 Å². The molecular formula is C13H12IN3O. The van der Waals surface area contributed by atoms with Gasteiger partial charge in [0.05, 0.1) is 11.4 Å². The molecule has 0 aliphatic carbocycles. The number of hydrogen-bond donors (Lipinski definition) is 3. The summed E-state index contributed by atoms with van der Waals surface area (Å²) in [5.41, 5.74) is 13.6. The van der Waals surface area contributed by atoms with Gasteiger partial charge in [0, 0.05) is 14.8 Å². The zero-order chi connectivity index (χ0) is 13.1. The first kappa shape index (κ1) is 12.7. The second-order valence-electron chi connectivity index (χ2n) is 3.80. The number of primary amides is 1. The van der Waals surface area contributed by atoms with Gasteiger partial charge in [-0.15, -0.1) is 0 Å². The number of benzene rings is 2. The highest BCUT2D eigenvalue weighted by Gasteiger charge is 2.05. The second-order valence-corrected chi connectivity index (χ2v) is 5.04. The summed E-state index contributed by atoms with van der Waals surface area (Å²) in [7, 11) is 0. The molecule has 92 valence electrons. The van der Waals surface area contributed by atoms with E-state index in [-0.39, 0.29) is 0 Å². The van der Waals surface area contributed by atoms with Crippen molar-refractivity contribution in [1.82, 2.24) is 0 Å². The van der Waals surface area contributed by atoms with Crippen LogP contribution < -0.4 is 16.8 Å². The van der Waals surface area contributed by atoms with Crippen LogP contribution in [0.1, 0.15) is 10.4 Å². The van der Waals surface area contributed by atoms with E-state index in [1.807, 2.05) is 24.3 Å². The molecule has 0 aliphatic heterocycles. The van der Waals surface area contributed by atoms with Crippen LogP contribution in [0.5, 0.6) is 0 Å². The predicted molar refractivity (Wildman–Crippen MR) is 81.8 cm³/mol. The first-order chi connectivity index (χ1) is 8.56. The molecule has 1 amide bonds. The summed E-state index contributed by atoms with van der Waals surface area (Å²) in [6.45, 7) is 0. The van der Waals surface area contributed by atoms with Gasteiger partial charge in [-0.05, 0) is 65.1 Å². The van der Waals surface area contributed by atoms with Gasteiger partial charge >= 0.3 is 0 Å². The van der Waals surface area contributed by atoms with Gasteiger partial charge in [0.1, 0.15) is 0 Å². The van der Waals surface area contributed by atoms with Crippen LogP contribution in [-0.4, -0.2) is 5.91 Å². The Balaban J connectivity index is 2.24. The number of nitrogen functional groups attached to an aromatic ring is 1. The number of carbonyl (C=O) groups is 1. The highest BCUT2D eigenvalue weighted by atomic mass is 127. The molecule has 0 atom stereocenters. The Morgan fingerprint density at radius 1 is 1.11 bits per heavy atom. The SMILES string of the molecule is NC(=O)c1ccc(Nc2ccc(I)cc2)c(N)c1. The van der Waals surface area contributed by atoms with E-state index >= 15 is 0 Å². The number of amides is 1. The van der Waals surface area contributed by atoms with Gasteiger partial charge in [0.2, 0.25) is 5.91 Å². The van der Waals surface area contributed by atoms with Crippen LogP contribution in [0.3, 0.4) is 0 Å². The van der Waals surface area contributed by atoms with Crippen LogP contribution in [0.25, 0.3) is 0 Å². The molecule has 4 nitrogen and oxygen atoms in total. The molecule has 0 saturated carbocycles.